The van der Waals surface area contributed by atoms with Crippen molar-refractivity contribution in [3.8, 4) is 0 Å². The lowest BCUT2D eigenvalue weighted by molar-refractivity contribution is 0.663. The van der Waals surface area contributed by atoms with E-state index in [1.165, 1.54) is 12.8 Å². The molecule has 0 radical (unpaired) electrons. The van der Waals surface area contributed by atoms with E-state index in [0.29, 0.717) is 5.38 Å². The molecule has 2 heteroatoms. The van der Waals surface area contributed by atoms with Gasteiger partial charge in [0.1, 0.15) is 0 Å². The van der Waals surface area contributed by atoms with E-state index in [4.69, 9.17) is 23.2 Å². The van der Waals surface area contributed by atoms with Crippen LogP contribution in [-0.2, 0) is 0 Å². The van der Waals surface area contributed by atoms with Crippen molar-refractivity contribution in [3.63, 3.8) is 0 Å². The third kappa shape index (κ3) is 8.58. The Labute approximate surface area is 67.5 Å². The summed E-state index contributed by atoms with van der Waals surface area (Å²) in [6.07, 6.45) is 4.70. The minimum Gasteiger partial charge on any atom is -0.127 e. The Kier molecular flexibility index (Phi) is 7.13. The maximum absolute atomic E-state index is 5.72. The van der Waals surface area contributed by atoms with Crippen LogP contribution in [0, 0.1) is 0 Å². The average molecular weight is 169 g/mol. The van der Waals surface area contributed by atoms with Crippen LogP contribution in [0.15, 0.2) is 0 Å². The molecule has 9 heavy (non-hydrogen) atoms. The van der Waals surface area contributed by atoms with Crippen molar-refractivity contribution in [1.29, 1.82) is 0 Å². The summed E-state index contributed by atoms with van der Waals surface area (Å²) in [5.41, 5.74) is 0. The molecule has 0 bridgehead atoms. The number of hydrogen-bond acceptors (Lipinski definition) is 0. The molecule has 0 aromatic carbocycles. The predicted molar refractivity (Wildman–Crippen MR) is 44.5 cm³/mol. The van der Waals surface area contributed by atoms with Crippen molar-refractivity contribution in [2.75, 3.05) is 5.88 Å². The Morgan fingerprint density at radius 3 is 2.33 bits per heavy atom. The first kappa shape index (κ1) is 9.58. The molecule has 1 atom stereocenters. The van der Waals surface area contributed by atoms with Crippen LogP contribution in [0.2, 0.25) is 0 Å². The molecule has 0 aliphatic heterocycles. The maximum Gasteiger partial charge on any atom is 0.0307 e. The van der Waals surface area contributed by atoms with Gasteiger partial charge in [-0.2, -0.15) is 0 Å². The highest BCUT2D eigenvalue weighted by Crippen LogP contribution is 2.07. The quantitative estimate of drug-likeness (QED) is 0.437. The van der Waals surface area contributed by atoms with Crippen molar-refractivity contribution in [1.82, 2.24) is 0 Å². The number of rotatable bonds is 5. The molecule has 0 aromatic rings. The highest BCUT2D eigenvalue weighted by atomic mass is 35.5. The first-order valence-corrected chi connectivity index (χ1v) is 4.44. The van der Waals surface area contributed by atoms with Crippen LogP contribution in [0.1, 0.15) is 32.6 Å². The number of alkyl halides is 2. The Morgan fingerprint density at radius 2 is 1.89 bits per heavy atom. The second-order valence-corrected chi connectivity index (χ2v) is 3.44. The topological polar surface area (TPSA) is 0 Å². The summed E-state index contributed by atoms with van der Waals surface area (Å²) in [5, 5.41) is 0.334. The lowest BCUT2D eigenvalue weighted by atomic mass is 10.2. The zero-order valence-electron chi connectivity index (χ0n) is 5.87. The Bertz CT molecular complexity index is 52.9. The summed E-state index contributed by atoms with van der Waals surface area (Å²) in [5.74, 6) is 0.788. The fourth-order valence-electron chi connectivity index (χ4n) is 0.697. The second kappa shape index (κ2) is 6.70. The number of hydrogen-bond donors (Lipinski definition) is 0. The van der Waals surface area contributed by atoms with Gasteiger partial charge in [0.25, 0.3) is 0 Å². The highest BCUT2D eigenvalue weighted by molar-refractivity contribution is 6.20. The highest BCUT2D eigenvalue weighted by Gasteiger charge is 1.94. The van der Waals surface area contributed by atoms with Crippen molar-refractivity contribution in [2.24, 2.45) is 0 Å². The summed E-state index contributed by atoms with van der Waals surface area (Å²) in [6.45, 7) is 2.03. The van der Waals surface area contributed by atoms with E-state index in [1.807, 2.05) is 6.92 Å². The largest absolute Gasteiger partial charge is 0.127 e. The Hall–Kier alpha value is 0.580. The molecule has 0 aliphatic carbocycles. The van der Waals surface area contributed by atoms with Crippen LogP contribution < -0.4 is 0 Å². The molecule has 0 N–H and O–H groups in total. The van der Waals surface area contributed by atoms with Crippen LogP contribution in [-0.4, -0.2) is 11.3 Å². The number of halogens is 2. The fraction of sp³-hybridized carbons (Fsp3) is 1.00. The van der Waals surface area contributed by atoms with Gasteiger partial charge in [-0.1, -0.05) is 12.8 Å². The van der Waals surface area contributed by atoms with Crippen LogP contribution in [0.3, 0.4) is 0 Å². The SMILES string of the molecule is CC(Cl)CCCCCCl. The van der Waals surface area contributed by atoms with Crippen LogP contribution in [0.25, 0.3) is 0 Å². The van der Waals surface area contributed by atoms with Gasteiger partial charge in [0.15, 0.2) is 0 Å². The van der Waals surface area contributed by atoms with E-state index in [-0.39, 0.29) is 0 Å². The van der Waals surface area contributed by atoms with Gasteiger partial charge in [0.2, 0.25) is 0 Å². The predicted octanol–water partition coefficient (Wildman–Crippen LogP) is 3.41. The molecule has 0 amide bonds. The van der Waals surface area contributed by atoms with E-state index < -0.39 is 0 Å². The molecule has 0 aliphatic rings. The Balaban J connectivity index is 2.75. The first-order valence-electron chi connectivity index (χ1n) is 3.47. The minimum absolute atomic E-state index is 0.334. The van der Waals surface area contributed by atoms with Crippen molar-refractivity contribution < 1.29 is 0 Å². The summed E-state index contributed by atoms with van der Waals surface area (Å²) in [4.78, 5) is 0. The first-order chi connectivity index (χ1) is 4.27. The summed E-state index contributed by atoms with van der Waals surface area (Å²) in [6, 6.07) is 0. The van der Waals surface area contributed by atoms with Gasteiger partial charge in [-0.25, -0.2) is 0 Å². The van der Waals surface area contributed by atoms with Crippen LogP contribution >= 0.6 is 23.2 Å². The van der Waals surface area contributed by atoms with Crippen molar-refractivity contribution >= 4 is 23.2 Å². The van der Waals surface area contributed by atoms with Gasteiger partial charge in [0, 0.05) is 11.3 Å². The third-order valence-electron chi connectivity index (χ3n) is 1.24. The number of unbranched alkanes of at least 4 members (excludes halogenated alkanes) is 2. The van der Waals surface area contributed by atoms with Gasteiger partial charge in [-0.05, 0) is 19.8 Å². The van der Waals surface area contributed by atoms with Crippen LogP contribution in [0.4, 0.5) is 0 Å². The molecular formula is C7H14Cl2. The molecule has 0 nitrogen and oxygen atoms in total. The van der Waals surface area contributed by atoms with E-state index in [1.54, 1.807) is 0 Å². The average Bonchev–Trinajstić information content (AvgIpc) is 1.80. The van der Waals surface area contributed by atoms with E-state index in [0.717, 1.165) is 18.7 Å². The van der Waals surface area contributed by atoms with E-state index >= 15 is 0 Å². The van der Waals surface area contributed by atoms with Gasteiger partial charge >= 0.3 is 0 Å². The molecule has 0 heterocycles. The minimum atomic E-state index is 0.334. The molecule has 0 aromatic heterocycles. The molecule has 0 saturated heterocycles. The van der Waals surface area contributed by atoms with Crippen molar-refractivity contribution in [3.05, 3.63) is 0 Å². The third-order valence-corrected chi connectivity index (χ3v) is 1.72. The second-order valence-electron chi connectivity index (χ2n) is 2.32. The van der Waals surface area contributed by atoms with Gasteiger partial charge in [-0.3, -0.25) is 0 Å². The lowest BCUT2D eigenvalue weighted by Crippen LogP contribution is -1.89. The zero-order valence-corrected chi connectivity index (χ0v) is 7.38. The standard InChI is InChI=1S/C7H14Cl2/c1-7(9)5-3-2-4-6-8/h7H,2-6H2,1H3. The smallest absolute Gasteiger partial charge is 0.0307 e. The van der Waals surface area contributed by atoms with E-state index in [9.17, 15) is 0 Å². The molecule has 56 valence electrons. The van der Waals surface area contributed by atoms with Crippen molar-refractivity contribution in [2.45, 2.75) is 38.0 Å². The zero-order chi connectivity index (χ0) is 7.11. The van der Waals surface area contributed by atoms with Gasteiger partial charge < -0.3 is 0 Å². The van der Waals surface area contributed by atoms with Gasteiger partial charge in [0.05, 0.1) is 0 Å². The molecular weight excluding hydrogens is 155 g/mol. The lowest BCUT2D eigenvalue weighted by Gasteiger charge is -1.99. The van der Waals surface area contributed by atoms with Gasteiger partial charge in [-0.15, -0.1) is 23.2 Å². The maximum atomic E-state index is 5.72. The Morgan fingerprint density at radius 1 is 1.22 bits per heavy atom. The van der Waals surface area contributed by atoms with E-state index in [2.05, 4.69) is 0 Å². The summed E-state index contributed by atoms with van der Waals surface area (Å²) < 4.78 is 0. The normalized spacial score (nSPS) is 13.7. The van der Waals surface area contributed by atoms with Crippen LogP contribution in [0.5, 0.6) is 0 Å². The monoisotopic (exact) mass is 168 g/mol. The molecule has 0 saturated carbocycles. The summed E-state index contributed by atoms with van der Waals surface area (Å²) >= 11 is 11.2. The summed E-state index contributed by atoms with van der Waals surface area (Å²) in [7, 11) is 0. The fourth-order valence-corrected chi connectivity index (χ4v) is 1.04. The molecule has 1 unspecified atom stereocenters. The molecule has 0 fully saturated rings. The molecule has 0 spiro atoms. The molecule has 0 rings (SSSR count).